The van der Waals surface area contributed by atoms with E-state index in [1.165, 1.54) is 11.1 Å². The number of hydrogen-bond acceptors (Lipinski definition) is 3. The van der Waals surface area contributed by atoms with Crippen molar-refractivity contribution in [3.63, 3.8) is 0 Å². The second-order valence-corrected chi connectivity index (χ2v) is 6.58. The molecule has 1 heterocycles. The summed E-state index contributed by atoms with van der Waals surface area (Å²) in [5.41, 5.74) is 5.72. The largest absolute Gasteiger partial charge is 0.221 e. The molecule has 4 aromatic rings. The number of hydrogen-bond donors (Lipinski definition) is 0. The summed E-state index contributed by atoms with van der Waals surface area (Å²) in [5.74, 6) is 0.772. The SMILES string of the molecule is BrCc1ccc(-c2ccccc2-c2nnnn2Cc2ccccc2)cc1. The third-order valence-corrected chi connectivity index (χ3v) is 4.94. The van der Waals surface area contributed by atoms with Crippen LogP contribution in [0.3, 0.4) is 0 Å². The van der Waals surface area contributed by atoms with Crippen LogP contribution in [0.2, 0.25) is 0 Å². The van der Waals surface area contributed by atoms with Gasteiger partial charge in [-0.05, 0) is 32.7 Å². The van der Waals surface area contributed by atoms with Crippen LogP contribution in [-0.2, 0) is 11.9 Å². The van der Waals surface area contributed by atoms with E-state index in [-0.39, 0.29) is 0 Å². The van der Waals surface area contributed by atoms with Gasteiger partial charge < -0.3 is 0 Å². The van der Waals surface area contributed by atoms with Crippen molar-refractivity contribution in [3.8, 4) is 22.5 Å². The van der Waals surface area contributed by atoms with E-state index in [4.69, 9.17) is 0 Å². The molecule has 0 aliphatic carbocycles. The maximum atomic E-state index is 4.30. The molecule has 128 valence electrons. The van der Waals surface area contributed by atoms with Crippen LogP contribution < -0.4 is 0 Å². The second kappa shape index (κ2) is 7.62. The number of nitrogens with zero attached hydrogens (tertiary/aromatic N) is 4. The number of alkyl halides is 1. The van der Waals surface area contributed by atoms with Crippen LogP contribution in [0.15, 0.2) is 78.9 Å². The van der Waals surface area contributed by atoms with Gasteiger partial charge in [-0.3, -0.25) is 0 Å². The molecule has 26 heavy (non-hydrogen) atoms. The van der Waals surface area contributed by atoms with Crippen LogP contribution in [0, 0.1) is 0 Å². The van der Waals surface area contributed by atoms with Crippen LogP contribution in [0.4, 0.5) is 0 Å². The maximum Gasteiger partial charge on any atom is 0.182 e. The molecular weight excluding hydrogens is 388 g/mol. The number of benzene rings is 3. The fraction of sp³-hybridized carbons (Fsp3) is 0.0952. The van der Waals surface area contributed by atoms with Crippen molar-refractivity contribution >= 4 is 15.9 Å². The van der Waals surface area contributed by atoms with Crippen LogP contribution >= 0.6 is 15.9 Å². The van der Waals surface area contributed by atoms with Gasteiger partial charge in [0.1, 0.15) is 0 Å². The van der Waals surface area contributed by atoms with Crippen LogP contribution in [0.1, 0.15) is 11.1 Å². The first kappa shape index (κ1) is 16.7. The van der Waals surface area contributed by atoms with Gasteiger partial charge in [-0.25, -0.2) is 4.68 Å². The standard InChI is InChI=1S/C21H17BrN4/c22-14-16-10-12-18(13-11-16)19-8-4-5-9-20(19)21-23-24-25-26(21)15-17-6-2-1-3-7-17/h1-13H,14-15H2. The molecule has 4 rings (SSSR count). The first-order valence-electron chi connectivity index (χ1n) is 8.40. The van der Waals surface area contributed by atoms with Crippen molar-refractivity contribution in [2.24, 2.45) is 0 Å². The van der Waals surface area contributed by atoms with Crippen molar-refractivity contribution in [2.45, 2.75) is 11.9 Å². The Hall–Kier alpha value is -2.79. The minimum Gasteiger partial charge on any atom is -0.221 e. The highest BCUT2D eigenvalue weighted by Crippen LogP contribution is 2.31. The third kappa shape index (κ3) is 3.44. The number of halogens is 1. The quantitative estimate of drug-likeness (QED) is 0.442. The third-order valence-electron chi connectivity index (χ3n) is 4.29. The molecular formula is C21H17BrN4. The molecule has 0 bridgehead atoms. The maximum absolute atomic E-state index is 4.30. The Balaban J connectivity index is 1.74. The number of tetrazole rings is 1. The minimum atomic E-state index is 0.639. The first-order chi connectivity index (χ1) is 12.8. The zero-order valence-electron chi connectivity index (χ0n) is 14.1. The Morgan fingerprint density at radius 3 is 2.15 bits per heavy atom. The summed E-state index contributed by atoms with van der Waals surface area (Å²) in [5, 5.41) is 13.3. The molecule has 0 aliphatic rings. The van der Waals surface area contributed by atoms with Gasteiger partial charge in [0, 0.05) is 10.9 Å². The summed E-state index contributed by atoms with van der Waals surface area (Å²) < 4.78 is 1.85. The van der Waals surface area contributed by atoms with Crippen LogP contribution in [0.25, 0.3) is 22.5 Å². The van der Waals surface area contributed by atoms with E-state index < -0.39 is 0 Å². The number of aromatic nitrogens is 4. The summed E-state index contributed by atoms with van der Waals surface area (Å²) in [7, 11) is 0. The number of rotatable bonds is 5. The zero-order valence-corrected chi connectivity index (χ0v) is 15.7. The lowest BCUT2D eigenvalue weighted by molar-refractivity contribution is 0.653. The summed E-state index contributed by atoms with van der Waals surface area (Å²) in [4.78, 5) is 0. The van der Waals surface area contributed by atoms with E-state index in [2.05, 4.69) is 80.0 Å². The van der Waals surface area contributed by atoms with Crippen LogP contribution in [-0.4, -0.2) is 20.2 Å². The van der Waals surface area contributed by atoms with Crippen molar-refractivity contribution in [1.29, 1.82) is 0 Å². The lowest BCUT2D eigenvalue weighted by Gasteiger charge is -2.10. The van der Waals surface area contributed by atoms with Gasteiger partial charge in [-0.1, -0.05) is 94.8 Å². The normalized spacial score (nSPS) is 10.8. The van der Waals surface area contributed by atoms with Gasteiger partial charge in [0.25, 0.3) is 0 Å². The smallest absolute Gasteiger partial charge is 0.182 e. The Morgan fingerprint density at radius 1 is 0.731 bits per heavy atom. The molecule has 0 radical (unpaired) electrons. The average molecular weight is 405 g/mol. The Morgan fingerprint density at radius 2 is 1.42 bits per heavy atom. The van der Waals surface area contributed by atoms with Gasteiger partial charge in [0.05, 0.1) is 6.54 Å². The predicted molar refractivity (Wildman–Crippen MR) is 107 cm³/mol. The molecule has 1 aromatic heterocycles. The summed E-state index contributed by atoms with van der Waals surface area (Å²) in [6.07, 6.45) is 0. The molecule has 0 atom stereocenters. The highest BCUT2D eigenvalue weighted by molar-refractivity contribution is 9.08. The summed E-state index contributed by atoms with van der Waals surface area (Å²) >= 11 is 3.50. The second-order valence-electron chi connectivity index (χ2n) is 6.02. The molecule has 5 heteroatoms. The first-order valence-corrected chi connectivity index (χ1v) is 9.52. The van der Waals surface area contributed by atoms with Crippen molar-refractivity contribution in [1.82, 2.24) is 20.2 Å². The lowest BCUT2D eigenvalue weighted by atomic mass is 9.98. The highest BCUT2D eigenvalue weighted by atomic mass is 79.9. The van der Waals surface area contributed by atoms with Gasteiger partial charge in [0.15, 0.2) is 5.82 Å². The Bertz CT molecular complexity index is 994. The van der Waals surface area contributed by atoms with Gasteiger partial charge in [-0.15, -0.1) is 5.10 Å². The summed E-state index contributed by atoms with van der Waals surface area (Å²) in [6.45, 7) is 0.639. The van der Waals surface area contributed by atoms with Crippen molar-refractivity contribution in [3.05, 3.63) is 90.0 Å². The fourth-order valence-corrected chi connectivity index (χ4v) is 3.34. The topological polar surface area (TPSA) is 43.6 Å². The lowest BCUT2D eigenvalue weighted by Crippen LogP contribution is -2.05. The molecule has 0 unspecified atom stereocenters. The monoisotopic (exact) mass is 404 g/mol. The zero-order chi connectivity index (χ0) is 17.8. The van der Waals surface area contributed by atoms with Crippen molar-refractivity contribution < 1.29 is 0 Å². The Kier molecular flexibility index (Phi) is 4.88. The average Bonchev–Trinajstić information content (AvgIpc) is 3.17. The van der Waals surface area contributed by atoms with Gasteiger partial charge in [-0.2, -0.15) is 0 Å². The molecule has 0 fully saturated rings. The molecule has 0 N–H and O–H groups in total. The van der Waals surface area contributed by atoms with E-state index in [0.29, 0.717) is 6.54 Å². The van der Waals surface area contributed by atoms with Crippen molar-refractivity contribution in [2.75, 3.05) is 0 Å². The van der Waals surface area contributed by atoms with E-state index in [1.54, 1.807) is 0 Å². The Labute approximate surface area is 160 Å². The molecule has 0 saturated carbocycles. The highest BCUT2D eigenvalue weighted by Gasteiger charge is 2.14. The van der Waals surface area contributed by atoms with E-state index >= 15 is 0 Å². The fourth-order valence-electron chi connectivity index (χ4n) is 2.96. The molecule has 0 aliphatic heterocycles. The van der Waals surface area contributed by atoms with Gasteiger partial charge >= 0.3 is 0 Å². The molecule has 0 spiro atoms. The van der Waals surface area contributed by atoms with E-state index in [9.17, 15) is 0 Å². The summed E-state index contributed by atoms with van der Waals surface area (Å²) in [6, 6.07) is 27.0. The predicted octanol–water partition coefficient (Wildman–Crippen LogP) is 4.95. The molecule has 4 nitrogen and oxygen atoms in total. The van der Waals surface area contributed by atoms with Crippen LogP contribution in [0.5, 0.6) is 0 Å². The molecule has 0 amide bonds. The van der Waals surface area contributed by atoms with E-state index in [1.807, 2.05) is 35.0 Å². The molecule has 0 saturated heterocycles. The van der Waals surface area contributed by atoms with E-state index in [0.717, 1.165) is 27.8 Å². The molecule has 3 aromatic carbocycles. The van der Waals surface area contributed by atoms with Gasteiger partial charge in [0.2, 0.25) is 0 Å². The minimum absolute atomic E-state index is 0.639.